The van der Waals surface area contributed by atoms with E-state index in [1.807, 2.05) is 30.3 Å². The van der Waals surface area contributed by atoms with Gasteiger partial charge in [0.1, 0.15) is 0 Å². The van der Waals surface area contributed by atoms with Crippen LogP contribution in [0.4, 0.5) is 5.69 Å². The summed E-state index contributed by atoms with van der Waals surface area (Å²) in [6, 6.07) is 15.6. The predicted octanol–water partition coefficient (Wildman–Crippen LogP) is 4.73. The van der Waals surface area contributed by atoms with Crippen molar-refractivity contribution in [2.75, 3.05) is 19.0 Å². The van der Waals surface area contributed by atoms with Gasteiger partial charge in [-0.15, -0.1) is 11.8 Å². The molecule has 34 heavy (non-hydrogen) atoms. The van der Waals surface area contributed by atoms with Crippen LogP contribution in [0, 0.1) is 10.1 Å². The van der Waals surface area contributed by atoms with Crippen LogP contribution in [0.25, 0.3) is 0 Å². The molecule has 0 aromatic heterocycles. The van der Waals surface area contributed by atoms with Crippen molar-refractivity contribution in [3.8, 4) is 0 Å². The van der Waals surface area contributed by atoms with Gasteiger partial charge in [0.15, 0.2) is 0 Å². The number of hydrogen-bond acceptors (Lipinski definition) is 8. The summed E-state index contributed by atoms with van der Waals surface area (Å²) in [5, 5.41) is 14.6. The van der Waals surface area contributed by atoms with Crippen LogP contribution in [0.15, 0.2) is 82.0 Å². The predicted molar refractivity (Wildman–Crippen MR) is 129 cm³/mol. The van der Waals surface area contributed by atoms with Crippen molar-refractivity contribution in [3.63, 3.8) is 0 Å². The minimum atomic E-state index is -0.884. The number of rotatable bonds is 9. The van der Waals surface area contributed by atoms with Crippen molar-refractivity contribution in [1.29, 1.82) is 0 Å². The summed E-state index contributed by atoms with van der Waals surface area (Å²) in [5.41, 5.74) is 1.85. The van der Waals surface area contributed by atoms with Gasteiger partial charge < -0.3 is 14.8 Å². The van der Waals surface area contributed by atoms with E-state index in [4.69, 9.17) is 9.47 Å². The van der Waals surface area contributed by atoms with E-state index >= 15 is 0 Å². The van der Waals surface area contributed by atoms with Gasteiger partial charge in [-0.2, -0.15) is 0 Å². The molecule has 0 aliphatic carbocycles. The third kappa shape index (κ3) is 5.66. The number of nitro groups is 1. The summed E-state index contributed by atoms with van der Waals surface area (Å²) in [6.45, 7) is 5.40. The van der Waals surface area contributed by atoms with Gasteiger partial charge in [0, 0.05) is 34.2 Å². The highest BCUT2D eigenvalue weighted by molar-refractivity contribution is 7.99. The van der Waals surface area contributed by atoms with Crippen LogP contribution in [0.2, 0.25) is 0 Å². The zero-order valence-electron chi connectivity index (χ0n) is 19.2. The van der Waals surface area contributed by atoms with E-state index in [0.717, 1.165) is 4.90 Å². The van der Waals surface area contributed by atoms with Crippen LogP contribution in [0.5, 0.6) is 0 Å². The molecule has 2 aromatic rings. The molecule has 1 heterocycles. The largest absolute Gasteiger partial charge is 0.463 e. The molecule has 8 nitrogen and oxygen atoms in total. The molecule has 0 amide bonds. The summed E-state index contributed by atoms with van der Waals surface area (Å²) in [4.78, 5) is 38.1. The zero-order chi connectivity index (χ0) is 24.7. The van der Waals surface area contributed by atoms with Gasteiger partial charge in [0.25, 0.3) is 5.69 Å². The monoisotopic (exact) mass is 482 g/mol. The van der Waals surface area contributed by atoms with Crippen LogP contribution in [-0.4, -0.2) is 35.8 Å². The van der Waals surface area contributed by atoms with Gasteiger partial charge in [-0.25, -0.2) is 9.59 Å². The first-order valence-electron chi connectivity index (χ1n) is 10.8. The Bertz CT molecular complexity index is 1140. The number of thioether (sulfide) groups is 1. The van der Waals surface area contributed by atoms with E-state index in [0.29, 0.717) is 22.7 Å². The van der Waals surface area contributed by atoms with Crippen molar-refractivity contribution in [2.45, 2.75) is 31.6 Å². The molecule has 0 spiro atoms. The Labute approximate surface area is 202 Å². The second-order valence-electron chi connectivity index (χ2n) is 7.38. The zero-order valence-corrected chi connectivity index (χ0v) is 20.0. The Morgan fingerprint density at radius 3 is 2.26 bits per heavy atom. The molecule has 1 aliphatic heterocycles. The van der Waals surface area contributed by atoms with E-state index in [1.54, 1.807) is 26.8 Å². The molecule has 9 heteroatoms. The highest BCUT2D eigenvalue weighted by Gasteiger charge is 2.39. The first-order valence-corrected chi connectivity index (χ1v) is 11.8. The van der Waals surface area contributed by atoms with E-state index in [-0.39, 0.29) is 30.0 Å². The number of nitrogens with zero attached hydrogens (tertiary/aromatic N) is 1. The Morgan fingerprint density at radius 2 is 1.65 bits per heavy atom. The van der Waals surface area contributed by atoms with Gasteiger partial charge >= 0.3 is 11.9 Å². The Kier molecular flexibility index (Phi) is 8.48. The summed E-state index contributed by atoms with van der Waals surface area (Å²) in [7, 11) is 0. The number of carbonyl (C=O) groups is 2. The van der Waals surface area contributed by atoms with E-state index in [9.17, 15) is 19.7 Å². The number of dihydropyridines is 1. The summed E-state index contributed by atoms with van der Waals surface area (Å²) < 4.78 is 10.6. The lowest BCUT2D eigenvalue weighted by Crippen LogP contribution is -2.34. The summed E-state index contributed by atoms with van der Waals surface area (Å²) >= 11 is 1.52. The maximum absolute atomic E-state index is 13.2. The third-order valence-corrected chi connectivity index (χ3v) is 6.21. The molecule has 178 valence electrons. The van der Waals surface area contributed by atoms with Crippen molar-refractivity contribution in [2.24, 2.45) is 0 Å². The van der Waals surface area contributed by atoms with Crippen LogP contribution < -0.4 is 5.32 Å². The quantitative estimate of drug-likeness (QED) is 0.237. The first-order chi connectivity index (χ1) is 16.4. The van der Waals surface area contributed by atoms with Gasteiger partial charge in [0.2, 0.25) is 0 Å². The number of nitro benzene ring substituents is 1. The molecule has 0 bridgehead atoms. The number of allylic oxidation sites excluding steroid dienone is 1. The Hall–Kier alpha value is -3.59. The molecule has 3 rings (SSSR count). The first kappa shape index (κ1) is 25.0. The van der Waals surface area contributed by atoms with E-state index < -0.39 is 22.8 Å². The number of non-ortho nitro benzene ring substituents is 1. The fraction of sp³-hybridized carbons (Fsp3) is 0.280. The molecule has 2 aromatic carbocycles. The fourth-order valence-electron chi connectivity index (χ4n) is 3.76. The third-order valence-electron chi connectivity index (χ3n) is 5.18. The molecule has 0 saturated carbocycles. The Balaban J connectivity index is 2.17. The number of benzene rings is 2. The van der Waals surface area contributed by atoms with E-state index in [1.165, 1.54) is 30.0 Å². The fourth-order valence-corrected chi connectivity index (χ4v) is 4.65. The van der Waals surface area contributed by atoms with E-state index in [2.05, 4.69) is 5.32 Å². The standard InChI is InChI=1S/C25H26N2O6S/c1-4-32-24(28)21-16(3)26-20(15-34-19-12-7-6-8-13-19)23(25(29)33-5-2)22(21)17-10-9-11-18(14-17)27(30)31/h6-14,22,26H,4-5,15H2,1-3H3. The summed E-state index contributed by atoms with van der Waals surface area (Å²) in [6.07, 6.45) is 0. The van der Waals surface area contributed by atoms with Crippen molar-refractivity contribution < 1.29 is 24.0 Å². The molecule has 1 N–H and O–H groups in total. The lowest BCUT2D eigenvalue weighted by atomic mass is 9.80. The van der Waals surface area contributed by atoms with Gasteiger partial charge in [-0.1, -0.05) is 30.3 Å². The van der Waals surface area contributed by atoms with Gasteiger partial charge in [-0.05, 0) is 38.5 Å². The minimum Gasteiger partial charge on any atom is -0.463 e. The SMILES string of the molecule is CCOC(=O)C1=C(C)NC(CSc2ccccc2)=C(C(=O)OCC)C1c1cccc([N+](=O)[O-])c1. The molecular formula is C25H26N2O6S. The maximum atomic E-state index is 13.2. The van der Waals surface area contributed by atoms with Crippen molar-refractivity contribution in [1.82, 2.24) is 5.32 Å². The molecule has 0 saturated heterocycles. The second kappa shape index (κ2) is 11.5. The van der Waals surface area contributed by atoms with Gasteiger partial charge in [0.05, 0.1) is 35.2 Å². The van der Waals surface area contributed by atoms with Crippen LogP contribution >= 0.6 is 11.8 Å². The Morgan fingerprint density at radius 1 is 1.00 bits per heavy atom. The molecule has 1 unspecified atom stereocenters. The normalized spacial score (nSPS) is 15.6. The minimum absolute atomic E-state index is 0.139. The molecule has 1 atom stereocenters. The van der Waals surface area contributed by atoms with Crippen LogP contribution in [-0.2, 0) is 19.1 Å². The van der Waals surface area contributed by atoms with Gasteiger partial charge in [-0.3, -0.25) is 10.1 Å². The average molecular weight is 483 g/mol. The highest BCUT2D eigenvalue weighted by Crippen LogP contribution is 2.41. The second-order valence-corrected chi connectivity index (χ2v) is 8.43. The number of carbonyl (C=O) groups excluding carboxylic acids is 2. The van der Waals surface area contributed by atoms with Crippen molar-refractivity contribution >= 4 is 29.4 Å². The number of esters is 2. The molecule has 0 fully saturated rings. The number of nitrogens with one attached hydrogen (secondary N) is 1. The molecule has 0 radical (unpaired) electrons. The highest BCUT2D eigenvalue weighted by atomic mass is 32.2. The van der Waals surface area contributed by atoms with Crippen LogP contribution in [0.1, 0.15) is 32.3 Å². The molecular weight excluding hydrogens is 456 g/mol. The topological polar surface area (TPSA) is 108 Å². The lowest BCUT2D eigenvalue weighted by molar-refractivity contribution is -0.384. The lowest BCUT2D eigenvalue weighted by Gasteiger charge is -2.31. The summed E-state index contributed by atoms with van der Waals surface area (Å²) in [5.74, 6) is -1.67. The number of hydrogen-bond donors (Lipinski definition) is 1. The number of ether oxygens (including phenoxy) is 2. The average Bonchev–Trinajstić information content (AvgIpc) is 2.83. The van der Waals surface area contributed by atoms with Crippen molar-refractivity contribution in [3.05, 3.63) is 92.8 Å². The van der Waals surface area contributed by atoms with Crippen LogP contribution in [0.3, 0.4) is 0 Å². The smallest absolute Gasteiger partial charge is 0.336 e. The maximum Gasteiger partial charge on any atom is 0.336 e. The molecule has 1 aliphatic rings.